The number of hydrogen-bond donors (Lipinski definition) is 7. The van der Waals surface area contributed by atoms with Crippen molar-refractivity contribution in [2.45, 2.75) is 76.7 Å². The minimum atomic E-state index is -1.59. The first-order valence-corrected chi connectivity index (χ1v) is 18.2. The average molecular weight is 751 g/mol. The molecule has 0 radical (unpaired) electrons. The van der Waals surface area contributed by atoms with Gasteiger partial charge in [-0.15, -0.1) is 0 Å². The van der Waals surface area contributed by atoms with E-state index in [1.165, 1.54) is 0 Å². The van der Waals surface area contributed by atoms with E-state index in [2.05, 4.69) is 26.6 Å². The van der Waals surface area contributed by atoms with Gasteiger partial charge in [-0.2, -0.15) is 0 Å². The topological polar surface area (TPSA) is 201 Å². The Hall–Kier alpha value is -6.05. The SMILES string of the molecule is CC(C)[C@H](NC(=O)OCc1ccccc1)C(=O)N[C@@H](Cc1ccccc1)[C@@H](O)[C@@H](NCc1ccccc1)C(=O)N[C@@H](CC(N)=O)C(=O)NCc1ccccc1. The quantitative estimate of drug-likeness (QED) is 0.0715. The summed E-state index contributed by atoms with van der Waals surface area (Å²) in [6.07, 6.45) is -2.80. The van der Waals surface area contributed by atoms with Gasteiger partial charge in [-0.3, -0.25) is 24.5 Å². The third-order valence-electron chi connectivity index (χ3n) is 8.81. The second kappa shape index (κ2) is 21.6. The molecular weight excluding hydrogens is 700 g/mol. The van der Waals surface area contributed by atoms with Crippen molar-refractivity contribution in [3.63, 3.8) is 0 Å². The zero-order valence-electron chi connectivity index (χ0n) is 31.0. The van der Waals surface area contributed by atoms with Gasteiger partial charge >= 0.3 is 6.09 Å². The monoisotopic (exact) mass is 750 g/mol. The summed E-state index contributed by atoms with van der Waals surface area (Å²) in [5, 5.41) is 26.0. The van der Waals surface area contributed by atoms with E-state index in [4.69, 9.17) is 10.5 Å². The van der Waals surface area contributed by atoms with Gasteiger partial charge in [0.25, 0.3) is 0 Å². The molecule has 0 aliphatic heterocycles. The third-order valence-corrected chi connectivity index (χ3v) is 8.81. The van der Waals surface area contributed by atoms with Gasteiger partial charge in [-0.05, 0) is 34.6 Å². The highest BCUT2D eigenvalue weighted by molar-refractivity contribution is 5.93. The van der Waals surface area contributed by atoms with Crippen molar-refractivity contribution in [1.82, 2.24) is 26.6 Å². The Morgan fingerprint density at radius 1 is 0.618 bits per heavy atom. The van der Waals surface area contributed by atoms with Crippen LogP contribution in [0.1, 0.15) is 42.5 Å². The third kappa shape index (κ3) is 14.0. The summed E-state index contributed by atoms with van der Waals surface area (Å²) in [5.74, 6) is -3.27. The molecule has 4 rings (SSSR count). The highest BCUT2D eigenvalue weighted by atomic mass is 16.5. The standard InChI is InChI=1S/C42H50N6O7/c1-28(2)36(48-42(54)55-27-32-21-13-6-14-22-32)40(52)46-33(23-29-15-7-3-8-16-29)38(50)37(44-25-30-17-9-4-10-18-30)41(53)47-34(24-35(43)49)39(51)45-26-31-19-11-5-12-20-31/h3-22,28,33-34,36-38,44,50H,23-27H2,1-2H3,(H2,43,49)(H,45,51)(H,46,52)(H,47,53)(H,48,54)/t33-,34-,36-,37+,38+/m0/s1. The molecule has 0 saturated carbocycles. The van der Waals surface area contributed by atoms with Crippen LogP contribution in [-0.4, -0.2) is 65.1 Å². The lowest BCUT2D eigenvalue weighted by molar-refractivity contribution is -0.134. The van der Waals surface area contributed by atoms with Crippen LogP contribution in [0, 0.1) is 5.92 Å². The lowest BCUT2D eigenvalue weighted by atomic mass is 9.94. The van der Waals surface area contributed by atoms with Crippen LogP contribution in [0.2, 0.25) is 0 Å². The minimum absolute atomic E-state index is 0.000640. The Balaban J connectivity index is 1.58. The van der Waals surface area contributed by atoms with Crippen molar-refractivity contribution >= 4 is 29.7 Å². The van der Waals surface area contributed by atoms with Crippen molar-refractivity contribution in [2.24, 2.45) is 11.7 Å². The van der Waals surface area contributed by atoms with E-state index in [9.17, 15) is 29.1 Å². The van der Waals surface area contributed by atoms with Crippen LogP contribution in [0.25, 0.3) is 0 Å². The number of primary amides is 1. The number of aliphatic hydroxyl groups excluding tert-OH is 1. The van der Waals surface area contributed by atoms with Crippen LogP contribution in [0.3, 0.4) is 0 Å². The minimum Gasteiger partial charge on any atom is -0.445 e. The highest BCUT2D eigenvalue weighted by Gasteiger charge is 2.37. The molecule has 0 bridgehead atoms. The molecule has 0 aliphatic carbocycles. The molecule has 0 unspecified atom stereocenters. The number of nitrogens with one attached hydrogen (secondary N) is 5. The first kappa shape index (κ1) is 41.7. The summed E-state index contributed by atoms with van der Waals surface area (Å²) in [7, 11) is 0. The van der Waals surface area contributed by atoms with Gasteiger partial charge < -0.3 is 36.8 Å². The molecule has 5 amide bonds. The number of rotatable bonds is 20. The highest BCUT2D eigenvalue weighted by Crippen LogP contribution is 2.14. The number of carbonyl (C=O) groups excluding carboxylic acids is 5. The molecule has 0 aromatic heterocycles. The zero-order valence-corrected chi connectivity index (χ0v) is 31.0. The molecule has 8 N–H and O–H groups in total. The summed E-state index contributed by atoms with van der Waals surface area (Å²) in [6, 6.07) is 31.5. The van der Waals surface area contributed by atoms with E-state index >= 15 is 0 Å². The van der Waals surface area contributed by atoms with Gasteiger partial charge in [-0.25, -0.2) is 4.79 Å². The van der Waals surface area contributed by atoms with E-state index in [1.54, 1.807) is 26.0 Å². The fraction of sp³-hybridized carbons (Fsp3) is 0.310. The van der Waals surface area contributed by atoms with Crippen LogP contribution >= 0.6 is 0 Å². The van der Waals surface area contributed by atoms with E-state index in [0.29, 0.717) is 0 Å². The van der Waals surface area contributed by atoms with Crippen molar-refractivity contribution in [1.29, 1.82) is 0 Å². The maximum Gasteiger partial charge on any atom is 0.408 e. The number of hydrogen-bond acceptors (Lipinski definition) is 8. The molecule has 55 heavy (non-hydrogen) atoms. The molecular formula is C42H50N6O7. The van der Waals surface area contributed by atoms with E-state index < -0.39 is 72.3 Å². The maximum absolute atomic E-state index is 14.1. The molecule has 13 nitrogen and oxygen atoms in total. The number of benzene rings is 4. The number of carbonyl (C=O) groups is 5. The molecule has 0 spiro atoms. The smallest absolute Gasteiger partial charge is 0.408 e. The van der Waals surface area contributed by atoms with Gasteiger partial charge in [0.2, 0.25) is 23.6 Å². The Labute approximate surface area is 321 Å². The molecule has 0 heterocycles. The molecule has 4 aromatic carbocycles. The molecule has 13 heteroatoms. The summed E-state index contributed by atoms with van der Waals surface area (Å²) in [4.78, 5) is 66.3. The summed E-state index contributed by atoms with van der Waals surface area (Å²) in [6.45, 7) is 3.78. The summed E-state index contributed by atoms with van der Waals surface area (Å²) >= 11 is 0. The normalized spacial score (nSPS) is 13.7. The molecule has 4 aromatic rings. The molecule has 5 atom stereocenters. The number of aliphatic hydroxyl groups is 1. The predicted molar refractivity (Wildman–Crippen MR) is 208 cm³/mol. The Morgan fingerprint density at radius 3 is 1.64 bits per heavy atom. The number of alkyl carbamates (subject to hydrolysis) is 1. The summed E-state index contributed by atoms with van der Waals surface area (Å²) < 4.78 is 5.37. The van der Waals surface area contributed by atoms with E-state index in [0.717, 1.165) is 22.3 Å². The van der Waals surface area contributed by atoms with Crippen LogP contribution in [0.5, 0.6) is 0 Å². The van der Waals surface area contributed by atoms with Crippen molar-refractivity contribution in [2.75, 3.05) is 0 Å². The van der Waals surface area contributed by atoms with Crippen LogP contribution in [0.4, 0.5) is 4.79 Å². The summed E-state index contributed by atoms with van der Waals surface area (Å²) in [5.41, 5.74) is 8.60. The van der Waals surface area contributed by atoms with Gasteiger partial charge in [0, 0.05) is 13.1 Å². The fourth-order valence-corrected chi connectivity index (χ4v) is 5.83. The average Bonchev–Trinajstić information content (AvgIpc) is 3.19. The molecule has 0 fully saturated rings. The van der Waals surface area contributed by atoms with E-state index in [-0.39, 0.29) is 26.1 Å². The van der Waals surface area contributed by atoms with Gasteiger partial charge in [0.05, 0.1) is 18.6 Å². The van der Waals surface area contributed by atoms with Crippen LogP contribution in [0.15, 0.2) is 121 Å². The van der Waals surface area contributed by atoms with Crippen LogP contribution < -0.4 is 32.3 Å². The Morgan fingerprint density at radius 2 is 1.11 bits per heavy atom. The molecule has 0 saturated heterocycles. The lowest BCUT2D eigenvalue weighted by Gasteiger charge is -2.33. The number of amides is 5. The van der Waals surface area contributed by atoms with E-state index in [1.807, 2.05) is 109 Å². The lowest BCUT2D eigenvalue weighted by Crippen LogP contribution is -2.63. The molecule has 290 valence electrons. The molecule has 0 aliphatic rings. The number of ether oxygens (including phenoxy) is 1. The maximum atomic E-state index is 14.1. The predicted octanol–water partition coefficient (Wildman–Crippen LogP) is 2.86. The zero-order chi connectivity index (χ0) is 39.6. The van der Waals surface area contributed by atoms with Gasteiger partial charge in [0.1, 0.15) is 24.7 Å². The number of nitrogens with two attached hydrogens (primary N) is 1. The first-order chi connectivity index (χ1) is 26.5. The second-order valence-electron chi connectivity index (χ2n) is 13.5. The first-order valence-electron chi connectivity index (χ1n) is 18.2. The largest absolute Gasteiger partial charge is 0.445 e. The fourth-order valence-electron chi connectivity index (χ4n) is 5.83. The Bertz CT molecular complexity index is 1810. The Kier molecular flexibility index (Phi) is 16.4. The van der Waals surface area contributed by atoms with Gasteiger partial charge in [-0.1, -0.05) is 135 Å². The van der Waals surface area contributed by atoms with Crippen molar-refractivity contribution < 1.29 is 33.8 Å². The van der Waals surface area contributed by atoms with Gasteiger partial charge in [0.15, 0.2) is 0 Å². The van der Waals surface area contributed by atoms with Crippen LogP contribution in [-0.2, 0) is 50.0 Å². The van der Waals surface area contributed by atoms with Crippen molar-refractivity contribution in [3.05, 3.63) is 144 Å². The van der Waals surface area contributed by atoms with Crippen molar-refractivity contribution in [3.8, 4) is 0 Å². The second-order valence-corrected chi connectivity index (χ2v) is 13.5.